The molecule has 8 bridgehead atoms. The van der Waals surface area contributed by atoms with Gasteiger partial charge in [-0.3, -0.25) is 0 Å². The number of aromatic nitrogens is 4. The Balaban J connectivity index is 0.846. The molecule has 6 nitrogen and oxygen atoms in total. The second-order valence-corrected chi connectivity index (χ2v) is 26.2. The highest BCUT2D eigenvalue weighted by Crippen LogP contribution is 2.67. The minimum Gasteiger partial charge on any atom is -0.458 e. The average Bonchev–Trinajstić information content (AvgIpc) is 3.95. The van der Waals surface area contributed by atoms with E-state index in [-0.39, 0.29) is 17.5 Å². The number of benzene rings is 4. The van der Waals surface area contributed by atoms with Gasteiger partial charge in [0.25, 0.3) is 0 Å². The first-order chi connectivity index (χ1) is 39.2. The van der Waals surface area contributed by atoms with E-state index in [1.165, 1.54) is 68.1 Å². The molecule has 3 fully saturated rings. The molecule has 2 aliphatic heterocycles. The third-order valence-electron chi connectivity index (χ3n) is 20.7. The predicted molar refractivity (Wildman–Crippen MR) is 337 cm³/mol. The van der Waals surface area contributed by atoms with E-state index in [1.807, 2.05) is 12.1 Å². The van der Waals surface area contributed by atoms with Crippen molar-refractivity contribution in [3.63, 3.8) is 0 Å². The third kappa shape index (κ3) is 9.78. The lowest BCUT2D eigenvalue weighted by Gasteiger charge is -2.58. The van der Waals surface area contributed by atoms with Gasteiger partial charge in [0, 0.05) is 50.7 Å². The van der Waals surface area contributed by atoms with Gasteiger partial charge in [0.05, 0.1) is 28.3 Å². The number of nitrogens with zero attached hydrogens (tertiary/aromatic N) is 2. The Morgan fingerprint density at radius 1 is 0.556 bits per heavy atom. The van der Waals surface area contributed by atoms with Crippen molar-refractivity contribution in [3.8, 4) is 44.5 Å². The summed E-state index contributed by atoms with van der Waals surface area (Å²) in [4.78, 5) is 33.1. The van der Waals surface area contributed by atoms with E-state index in [4.69, 9.17) is 14.7 Å². The zero-order chi connectivity index (χ0) is 55.7. The van der Waals surface area contributed by atoms with Gasteiger partial charge in [-0.25, -0.2) is 14.8 Å². The van der Waals surface area contributed by atoms with Crippen LogP contribution < -0.4 is 0 Å². The fourth-order valence-corrected chi connectivity index (χ4v) is 16.3. The molecule has 2 N–H and O–H groups in total. The minimum absolute atomic E-state index is 0.118. The summed E-state index contributed by atoms with van der Waals surface area (Å²) in [5.41, 5.74) is 21.7. The van der Waals surface area contributed by atoms with Crippen LogP contribution in [-0.2, 0) is 4.74 Å². The molecule has 3 saturated carbocycles. The van der Waals surface area contributed by atoms with Crippen LogP contribution in [0, 0.1) is 67.1 Å². The number of allylic oxidation sites excluding steroid dienone is 1. The maximum atomic E-state index is 14.3. The van der Waals surface area contributed by atoms with E-state index >= 15 is 0 Å². The molecular formula is C75H80N4O2. The van der Waals surface area contributed by atoms with Crippen molar-refractivity contribution in [2.75, 3.05) is 0 Å². The number of carbonyl (C=O) groups excluding carboxylic acids is 1. The van der Waals surface area contributed by atoms with Crippen molar-refractivity contribution in [2.45, 2.75) is 132 Å². The minimum atomic E-state index is -0.245. The number of ether oxygens (including phenoxy) is 1. The summed E-state index contributed by atoms with van der Waals surface area (Å²) >= 11 is 0. The lowest BCUT2D eigenvalue weighted by Crippen LogP contribution is -2.51. The van der Waals surface area contributed by atoms with Gasteiger partial charge >= 0.3 is 5.97 Å². The number of hydrogen-bond acceptors (Lipinski definition) is 4. The zero-order valence-electron chi connectivity index (χ0n) is 49.0. The number of carbonyl (C=O) groups is 1. The highest BCUT2D eigenvalue weighted by Gasteiger charge is 2.59. The Hall–Kier alpha value is -7.31. The summed E-state index contributed by atoms with van der Waals surface area (Å²) < 4.78 is 6.51. The molecule has 4 aromatic carbocycles. The molecule has 0 saturated heterocycles. The van der Waals surface area contributed by atoms with Crippen LogP contribution in [0.15, 0.2) is 133 Å². The second kappa shape index (κ2) is 21.2. The third-order valence-corrected chi connectivity index (χ3v) is 20.7. The van der Waals surface area contributed by atoms with Crippen LogP contribution in [0.4, 0.5) is 0 Å². The van der Waals surface area contributed by atoms with Crippen molar-refractivity contribution in [1.82, 2.24) is 19.9 Å². The monoisotopic (exact) mass is 1070 g/mol. The molecule has 3 aromatic heterocycles. The Kier molecular flexibility index (Phi) is 13.9. The van der Waals surface area contributed by atoms with Crippen molar-refractivity contribution in [1.29, 1.82) is 0 Å². The normalized spacial score (nSPS) is 24.1. The van der Waals surface area contributed by atoms with Crippen LogP contribution in [-0.4, -0.2) is 32.0 Å². The largest absolute Gasteiger partial charge is 0.458 e. The molecule has 4 aliphatic carbocycles. The number of fused-ring (bicyclic) bond motifs is 13. The van der Waals surface area contributed by atoms with E-state index in [9.17, 15) is 4.79 Å². The van der Waals surface area contributed by atoms with Gasteiger partial charge in [-0.05, 0) is 195 Å². The maximum Gasteiger partial charge on any atom is 0.338 e. The van der Waals surface area contributed by atoms with E-state index in [2.05, 4.69) is 205 Å². The molecule has 6 aliphatic rings. The maximum absolute atomic E-state index is 14.3. The lowest BCUT2D eigenvalue weighted by molar-refractivity contribution is -0.0594. The van der Waals surface area contributed by atoms with Crippen molar-refractivity contribution < 1.29 is 9.53 Å². The van der Waals surface area contributed by atoms with Gasteiger partial charge in [-0.2, -0.15) is 0 Å². The zero-order valence-corrected chi connectivity index (χ0v) is 49.0. The lowest BCUT2D eigenvalue weighted by atomic mass is 9.47. The number of nitrogens with one attached hydrogen (secondary N) is 2. The number of rotatable bonds is 11. The van der Waals surface area contributed by atoms with E-state index in [0.717, 1.165) is 144 Å². The van der Waals surface area contributed by atoms with E-state index in [0.29, 0.717) is 11.0 Å². The number of H-pyrrole nitrogens is 2. The molecule has 7 aromatic rings. The average molecular weight is 1070 g/mol. The highest BCUT2D eigenvalue weighted by atomic mass is 16.5. The fraction of sp³-hybridized carbons (Fsp3) is 0.373. The molecule has 8 atom stereocenters. The van der Waals surface area contributed by atoms with Crippen LogP contribution in [0.3, 0.4) is 0 Å². The van der Waals surface area contributed by atoms with Gasteiger partial charge in [0.2, 0.25) is 0 Å². The number of hydrogen-bond donors (Lipinski definition) is 2. The van der Waals surface area contributed by atoms with Crippen LogP contribution in [0.5, 0.6) is 0 Å². The second-order valence-electron chi connectivity index (χ2n) is 26.2. The number of aromatic amines is 2. The summed E-state index contributed by atoms with van der Waals surface area (Å²) in [6.45, 7) is 19.0. The van der Waals surface area contributed by atoms with Crippen molar-refractivity contribution in [2.24, 2.45) is 46.3 Å². The number of aryl methyl sites for hydroxylation is 3. The van der Waals surface area contributed by atoms with Gasteiger partial charge in [0.15, 0.2) is 0 Å². The molecule has 412 valence electrons. The summed E-state index contributed by atoms with van der Waals surface area (Å²) in [7, 11) is 0. The molecule has 13 rings (SSSR count). The summed E-state index contributed by atoms with van der Waals surface area (Å²) in [6, 6.07) is 42.9. The first-order valence-electron chi connectivity index (χ1n) is 30.6. The Labute approximate surface area is 480 Å². The standard InChI is InChI=1S/C75H80N4O2/c1-45(2)10-9-11-49(6)58-30-31-59-57-29-28-55-44-56(40-42-74(55,7)60(57)41-43-75(58,59)8)81-73(80)54-26-24-53(25-27-54)72-67-38-36-65(78-67)70(51-20-14-47(4)15-21-51)63-34-32-61(76-63)69(50-18-12-46(3)13-19-50)62-33-35-64(77-62)71(66-37-39-68(72)79-66)52-22-16-48(5)17-23-52/h12-28,32-39,45,49,56-60,78-79H,9-11,29-31,40-44H2,1-8H3/t49-,56+,57+,58-,59+,60+,74+,75-/m1/s1. The first-order valence-corrected chi connectivity index (χ1v) is 30.6. The predicted octanol–water partition coefficient (Wildman–Crippen LogP) is 19.8. The molecule has 0 unspecified atom stereocenters. The smallest absolute Gasteiger partial charge is 0.338 e. The van der Waals surface area contributed by atoms with E-state index < -0.39 is 0 Å². The van der Waals surface area contributed by atoms with Gasteiger partial charge in [-0.1, -0.05) is 167 Å². The molecule has 6 heteroatoms. The Bertz CT molecular complexity index is 3670. The van der Waals surface area contributed by atoms with Gasteiger partial charge in [-0.15, -0.1) is 0 Å². The van der Waals surface area contributed by atoms with Gasteiger partial charge in [0.1, 0.15) is 6.10 Å². The Morgan fingerprint density at radius 2 is 1.04 bits per heavy atom. The quantitative estimate of drug-likeness (QED) is 0.0999. The molecule has 5 heterocycles. The van der Waals surface area contributed by atoms with Gasteiger partial charge < -0.3 is 14.7 Å². The van der Waals surface area contributed by atoms with Crippen LogP contribution in [0.25, 0.3) is 90.9 Å². The van der Waals surface area contributed by atoms with Crippen LogP contribution in [0.2, 0.25) is 0 Å². The SMILES string of the molecule is Cc1ccc(-c2c3nc(c(-c4ccc(C)cc4)c4ccc([nH]4)c(-c4ccc(C(=O)O[C@H]5CC[C@@]6(C)C(=CC[C@H]7[C@@H]8CC[C@H]([C@H](C)CCCC(C)C)[C@@]8(C)CC[C@@H]76)C5)cc4)c4ccc([nH]4)c(-c4ccc(C)cc4)c4nc2C=C4)C=C3)cc1. The topological polar surface area (TPSA) is 83.7 Å². The summed E-state index contributed by atoms with van der Waals surface area (Å²) in [5.74, 6) is 4.57. The molecule has 0 radical (unpaired) electrons. The van der Waals surface area contributed by atoms with Crippen LogP contribution >= 0.6 is 0 Å². The van der Waals surface area contributed by atoms with Crippen LogP contribution in [0.1, 0.15) is 155 Å². The first kappa shape index (κ1) is 53.0. The van der Waals surface area contributed by atoms with Crippen molar-refractivity contribution >= 4 is 52.3 Å². The van der Waals surface area contributed by atoms with E-state index in [1.54, 1.807) is 5.57 Å². The number of esters is 1. The molecule has 0 spiro atoms. The van der Waals surface area contributed by atoms with Crippen molar-refractivity contribution in [3.05, 3.63) is 178 Å². The molecular weight excluding hydrogens is 989 g/mol. The summed E-state index contributed by atoms with van der Waals surface area (Å²) in [5, 5.41) is 0. The summed E-state index contributed by atoms with van der Waals surface area (Å²) in [6.07, 6.45) is 24.8. The molecule has 0 amide bonds. The highest BCUT2D eigenvalue weighted by molar-refractivity contribution is 6.01. The fourth-order valence-electron chi connectivity index (χ4n) is 16.3. The molecule has 81 heavy (non-hydrogen) atoms. The Morgan fingerprint density at radius 3 is 1.57 bits per heavy atom.